The number of benzene rings is 2. The largest absolute Gasteiger partial charge is 0.459 e. The second-order valence-corrected chi connectivity index (χ2v) is 11.1. The minimum Gasteiger partial charge on any atom is -0.459 e. The summed E-state index contributed by atoms with van der Waals surface area (Å²) < 4.78 is 55.9. The van der Waals surface area contributed by atoms with E-state index in [0.717, 1.165) is 0 Å². The first kappa shape index (κ1) is 21.1. The molecule has 1 amide bonds. The van der Waals surface area contributed by atoms with Crippen molar-refractivity contribution in [1.29, 1.82) is 0 Å². The van der Waals surface area contributed by atoms with Gasteiger partial charge in [-0.1, -0.05) is 18.2 Å². The number of amides is 1. The number of rotatable bonds is 6. The Morgan fingerprint density at radius 1 is 1.03 bits per heavy atom. The molecule has 0 atom stereocenters. The molecule has 1 saturated heterocycles. The summed E-state index contributed by atoms with van der Waals surface area (Å²) in [5.74, 6) is -0.934. The van der Waals surface area contributed by atoms with Crippen LogP contribution in [0, 0.1) is 0 Å². The highest BCUT2D eigenvalue weighted by Crippen LogP contribution is 2.26. The van der Waals surface area contributed by atoms with E-state index < -0.39 is 25.8 Å². The summed E-state index contributed by atoms with van der Waals surface area (Å²) in [7, 11) is -6.92. The van der Waals surface area contributed by atoms with Crippen LogP contribution in [0.25, 0.3) is 0 Å². The highest BCUT2D eigenvalue weighted by Gasteiger charge is 2.28. The predicted molar refractivity (Wildman–Crippen MR) is 116 cm³/mol. The van der Waals surface area contributed by atoms with Crippen LogP contribution in [0.5, 0.6) is 0 Å². The van der Waals surface area contributed by atoms with E-state index in [-0.39, 0.29) is 27.7 Å². The Hall–Kier alpha value is -3.11. The van der Waals surface area contributed by atoms with Gasteiger partial charge in [0.2, 0.25) is 10.0 Å². The molecule has 1 fully saturated rings. The van der Waals surface area contributed by atoms with Gasteiger partial charge in [-0.2, -0.15) is 0 Å². The molecule has 0 unspecified atom stereocenters. The van der Waals surface area contributed by atoms with E-state index in [1.165, 1.54) is 28.8 Å². The number of anilines is 2. The van der Waals surface area contributed by atoms with Crippen molar-refractivity contribution in [1.82, 2.24) is 0 Å². The Kier molecular flexibility index (Phi) is 5.59. The lowest BCUT2D eigenvalue weighted by Crippen LogP contribution is -2.25. The van der Waals surface area contributed by atoms with Crippen molar-refractivity contribution in [3.05, 3.63) is 78.3 Å². The number of carbonyl (C=O) groups is 1. The van der Waals surface area contributed by atoms with E-state index in [9.17, 15) is 21.6 Å². The molecule has 0 bridgehead atoms. The topological polar surface area (TPSA) is 114 Å². The summed E-state index contributed by atoms with van der Waals surface area (Å²) >= 11 is 0. The average molecular weight is 461 g/mol. The molecule has 8 nitrogen and oxygen atoms in total. The fraction of sp³-hybridized carbons (Fsp3) is 0.190. The molecule has 2 aromatic carbocycles. The van der Waals surface area contributed by atoms with Gasteiger partial charge in [-0.25, -0.2) is 16.8 Å². The van der Waals surface area contributed by atoms with Crippen LogP contribution < -0.4 is 9.62 Å². The van der Waals surface area contributed by atoms with Gasteiger partial charge in [-0.15, -0.1) is 0 Å². The second-order valence-electron chi connectivity index (χ2n) is 7.09. The average Bonchev–Trinajstić information content (AvgIpc) is 3.34. The lowest BCUT2D eigenvalue weighted by molar-refractivity contribution is 0.0995. The maximum atomic E-state index is 12.7. The first-order valence-corrected chi connectivity index (χ1v) is 12.8. The molecular formula is C21H20N2O6S2. The van der Waals surface area contributed by atoms with Gasteiger partial charge in [0.15, 0.2) is 15.6 Å². The fourth-order valence-electron chi connectivity index (χ4n) is 3.39. The molecule has 3 aromatic rings. The van der Waals surface area contributed by atoms with E-state index in [0.29, 0.717) is 24.3 Å². The zero-order valence-corrected chi connectivity index (χ0v) is 18.0. The van der Waals surface area contributed by atoms with Gasteiger partial charge in [0.1, 0.15) is 0 Å². The third-order valence-electron chi connectivity index (χ3n) is 4.91. The Bertz CT molecular complexity index is 1300. The van der Waals surface area contributed by atoms with Crippen molar-refractivity contribution in [2.45, 2.75) is 17.1 Å². The van der Waals surface area contributed by atoms with Crippen LogP contribution in [-0.2, 0) is 25.6 Å². The van der Waals surface area contributed by atoms with Gasteiger partial charge < -0.3 is 9.73 Å². The zero-order valence-electron chi connectivity index (χ0n) is 16.4. The number of sulfone groups is 1. The minimum absolute atomic E-state index is 0.0919. The number of carbonyl (C=O) groups excluding carboxylic acids is 1. The van der Waals surface area contributed by atoms with Crippen molar-refractivity contribution in [3.63, 3.8) is 0 Å². The zero-order chi connectivity index (χ0) is 22.1. The van der Waals surface area contributed by atoms with Crippen molar-refractivity contribution in [2.24, 2.45) is 0 Å². The van der Waals surface area contributed by atoms with Crippen LogP contribution in [0.4, 0.5) is 11.4 Å². The number of nitrogens with one attached hydrogen (secondary N) is 1. The molecule has 0 radical (unpaired) electrons. The SMILES string of the molecule is O=C(Nc1ccc(N2CCCS2(=O)=O)cc1)c1occc1CS(=O)(=O)c1ccccc1. The molecule has 162 valence electrons. The number of furan rings is 1. The standard InChI is InChI=1S/C21H20N2O6S2/c24-21(22-17-7-9-18(10-8-17)23-12-4-14-31(23,27)28)20-16(11-13-29-20)15-30(25,26)19-5-2-1-3-6-19/h1-3,5-11,13H,4,12,14-15H2,(H,22,24). The van der Waals surface area contributed by atoms with Crippen LogP contribution >= 0.6 is 0 Å². The summed E-state index contributed by atoms with van der Waals surface area (Å²) in [5.41, 5.74) is 1.21. The minimum atomic E-state index is -3.64. The molecule has 2 heterocycles. The van der Waals surface area contributed by atoms with Crippen LogP contribution in [0.2, 0.25) is 0 Å². The molecule has 0 saturated carbocycles. The molecular weight excluding hydrogens is 440 g/mol. The van der Waals surface area contributed by atoms with Crippen LogP contribution in [0.3, 0.4) is 0 Å². The lowest BCUT2D eigenvalue weighted by atomic mass is 10.2. The van der Waals surface area contributed by atoms with E-state index in [4.69, 9.17) is 4.42 Å². The van der Waals surface area contributed by atoms with Gasteiger partial charge in [-0.3, -0.25) is 9.10 Å². The molecule has 1 aliphatic rings. The second kappa shape index (κ2) is 8.20. The van der Waals surface area contributed by atoms with Crippen LogP contribution in [0.15, 0.2) is 76.2 Å². The smallest absolute Gasteiger partial charge is 0.291 e. The van der Waals surface area contributed by atoms with Crippen molar-refractivity contribution < 1.29 is 26.0 Å². The van der Waals surface area contributed by atoms with Gasteiger partial charge in [0, 0.05) is 17.8 Å². The van der Waals surface area contributed by atoms with E-state index in [2.05, 4.69) is 5.32 Å². The highest BCUT2D eigenvalue weighted by atomic mass is 32.2. The van der Waals surface area contributed by atoms with Gasteiger partial charge in [-0.05, 0) is 48.9 Å². The highest BCUT2D eigenvalue weighted by molar-refractivity contribution is 7.93. The van der Waals surface area contributed by atoms with Gasteiger partial charge >= 0.3 is 0 Å². The number of hydrogen-bond acceptors (Lipinski definition) is 6. The predicted octanol–water partition coefficient (Wildman–Crippen LogP) is 3.05. The molecule has 4 rings (SSSR count). The van der Waals surface area contributed by atoms with Crippen molar-refractivity contribution in [2.75, 3.05) is 21.9 Å². The first-order chi connectivity index (χ1) is 14.8. The van der Waals surface area contributed by atoms with Gasteiger partial charge in [0.25, 0.3) is 5.91 Å². The number of sulfonamides is 1. The summed E-state index contributed by atoms with van der Waals surface area (Å²) in [5, 5.41) is 2.65. The van der Waals surface area contributed by atoms with Gasteiger partial charge in [0.05, 0.1) is 28.4 Å². The molecule has 1 aromatic heterocycles. The van der Waals surface area contributed by atoms with Crippen LogP contribution in [0.1, 0.15) is 22.5 Å². The Labute approximate surface area is 180 Å². The molecule has 0 spiro atoms. The van der Waals surface area contributed by atoms with E-state index >= 15 is 0 Å². The number of nitrogens with zero attached hydrogens (tertiary/aromatic N) is 1. The molecule has 10 heteroatoms. The normalized spacial score (nSPS) is 15.7. The fourth-order valence-corrected chi connectivity index (χ4v) is 6.33. The Morgan fingerprint density at radius 3 is 2.39 bits per heavy atom. The van der Waals surface area contributed by atoms with E-state index in [1.54, 1.807) is 42.5 Å². The first-order valence-electron chi connectivity index (χ1n) is 9.52. The maximum Gasteiger partial charge on any atom is 0.291 e. The van der Waals surface area contributed by atoms with Crippen LogP contribution in [-0.4, -0.2) is 35.0 Å². The summed E-state index contributed by atoms with van der Waals surface area (Å²) in [6.07, 6.45) is 1.85. The Balaban J connectivity index is 1.49. The molecule has 1 aliphatic heterocycles. The van der Waals surface area contributed by atoms with Crippen molar-refractivity contribution in [3.8, 4) is 0 Å². The third-order valence-corrected chi connectivity index (χ3v) is 8.46. The summed E-state index contributed by atoms with van der Waals surface area (Å²) in [6, 6.07) is 15.8. The quantitative estimate of drug-likeness (QED) is 0.605. The monoisotopic (exact) mass is 460 g/mol. The molecule has 31 heavy (non-hydrogen) atoms. The summed E-state index contributed by atoms with van der Waals surface area (Å²) in [6.45, 7) is 0.430. The lowest BCUT2D eigenvalue weighted by Gasteiger charge is -2.17. The maximum absolute atomic E-state index is 12.7. The van der Waals surface area contributed by atoms with E-state index in [1.807, 2.05) is 0 Å². The number of hydrogen-bond donors (Lipinski definition) is 1. The third kappa shape index (κ3) is 4.49. The van der Waals surface area contributed by atoms with Crippen molar-refractivity contribution >= 4 is 37.1 Å². The Morgan fingerprint density at radius 2 is 1.74 bits per heavy atom. The molecule has 1 N–H and O–H groups in total. The summed E-state index contributed by atoms with van der Waals surface area (Å²) in [4.78, 5) is 12.8. The molecule has 0 aliphatic carbocycles.